The molecule has 1 saturated carbocycles. The largest absolute Gasteiger partial charge is 0.372 e. The molecule has 1 fully saturated rings. The van der Waals surface area contributed by atoms with Gasteiger partial charge in [0.05, 0.1) is 6.20 Å². The summed E-state index contributed by atoms with van der Waals surface area (Å²) in [7, 11) is 0. The zero-order valence-electron chi connectivity index (χ0n) is 7.70. The maximum atomic E-state index is 3.84. The average molecular weight is 197 g/mol. The number of nitrogens with one attached hydrogen (secondary N) is 1. The van der Waals surface area contributed by atoms with Gasteiger partial charge in [0.2, 0.25) is 0 Å². The number of nitrogens with zero attached hydrogens (tertiary/aromatic N) is 2. The van der Waals surface area contributed by atoms with E-state index in [-0.39, 0.29) is 0 Å². The lowest BCUT2D eigenvalue weighted by molar-refractivity contribution is 0.621. The van der Waals surface area contributed by atoms with Crippen LogP contribution in [0.4, 0.5) is 5.00 Å². The summed E-state index contributed by atoms with van der Waals surface area (Å²) >= 11 is 1.45. The summed E-state index contributed by atoms with van der Waals surface area (Å²) in [5.74, 6) is 0. The van der Waals surface area contributed by atoms with E-state index in [9.17, 15) is 0 Å². The summed E-state index contributed by atoms with van der Waals surface area (Å²) in [6, 6.07) is 0.657. The van der Waals surface area contributed by atoms with Gasteiger partial charge in [0.1, 0.15) is 5.00 Å². The van der Waals surface area contributed by atoms with Gasteiger partial charge in [0.25, 0.3) is 0 Å². The fourth-order valence-corrected chi connectivity index (χ4v) is 2.35. The zero-order valence-corrected chi connectivity index (χ0v) is 8.52. The van der Waals surface area contributed by atoms with Crippen LogP contribution in [0.2, 0.25) is 0 Å². The number of aromatic nitrogens is 2. The van der Waals surface area contributed by atoms with E-state index in [0.29, 0.717) is 6.04 Å². The quantitative estimate of drug-likeness (QED) is 0.741. The Kier molecular flexibility index (Phi) is 3.13. The SMILES string of the molecule is c1nnsc1NC1CCCCCC1. The number of hydrogen-bond donors (Lipinski definition) is 1. The standard InChI is InChI=1S/C9H15N3S/c1-2-4-6-8(5-3-1)11-9-7-10-12-13-9/h7-8,11H,1-6H2. The molecule has 0 unspecified atom stereocenters. The van der Waals surface area contributed by atoms with Gasteiger partial charge in [-0.1, -0.05) is 30.2 Å². The lowest BCUT2D eigenvalue weighted by Gasteiger charge is -2.14. The van der Waals surface area contributed by atoms with Crippen LogP contribution in [0.25, 0.3) is 0 Å². The van der Waals surface area contributed by atoms with Gasteiger partial charge in [0, 0.05) is 17.6 Å². The van der Waals surface area contributed by atoms with E-state index < -0.39 is 0 Å². The van der Waals surface area contributed by atoms with Gasteiger partial charge in [-0.3, -0.25) is 0 Å². The summed E-state index contributed by atoms with van der Waals surface area (Å²) in [4.78, 5) is 0. The number of rotatable bonds is 2. The highest BCUT2D eigenvalue weighted by molar-refractivity contribution is 7.09. The summed E-state index contributed by atoms with van der Waals surface area (Å²) in [6.07, 6.45) is 9.96. The second kappa shape index (κ2) is 4.56. The lowest BCUT2D eigenvalue weighted by Crippen LogP contribution is -2.17. The van der Waals surface area contributed by atoms with Crippen LogP contribution in [-0.2, 0) is 0 Å². The van der Waals surface area contributed by atoms with Crippen molar-refractivity contribution in [1.82, 2.24) is 9.59 Å². The minimum absolute atomic E-state index is 0.657. The molecule has 72 valence electrons. The van der Waals surface area contributed by atoms with Crippen molar-refractivity contribution in [2.24, 2.45) is 0 Å². The van der Waals surface area contributed by atoms with Gasteiger partial charge in [-0.25, -0.2) is 0 Å². The number of anilines is 1. The molecule has 1 aromatic heterocycles. The van der Waals surface area contributed by atoms with Crippen LogP contribution in [0.3, 0.4) is 0 Å². The third kappa shape index (κ3) is 2.66. The van der Waals surface area contributed by atoms with Crippen molar-refractivity contribution in [2.45, 2.75) is 44.6 Å². The first kappa shape index (κ1) is 8.94. The molecule has 0 saturated heterocycles. The normalized spacial score (nSPS) is 19.7. The van der Waals surface area contributed by atoms with Crippen molar-refractivity contribution in [3.8, 4) is 0 Å². The van der Waals surface area contributed by atoms with Crippen LogP contribution in [0.15, 0.2) is 6.20 Å². The molecule has 2 rings (SSSR count). The maximum Gasteiger partial charge on any atom is 0.130 e. The first-order valence-corrected chi connectivity index (χ1v) is 5.76. The highest BCUT2D eigenvalue weighted by Crippen LogP contribution is 2.21. The Morgan fingerprint density at radius 2 is 2.00 bits per heavy atom. The van der Waals surface area contributed by atoms with Gasteiger partial charge >= 0.3 is 0 Å². The summed E-state index contributed by atoms with van der Waals surface area (Å²) in [6.45, 7) is 0. The van der Waals surface area contributed by atoms with Crippen molar-refractivity contribution in [3.63, 3.8) is 0 Å². The van der Waals surface area contributed by atoms with Gasteiger partial charge in [-0.15, -0.1) is 5.10 Å². The van der Waals surface area contributed by atoms with Gasteiger partial charge < -0.3 is 5.32 Å². The molecule has 1 N–H and O–H groups in total. The van der Waals surface area contributed by atoms with Gasteiger partial charge in [0.15, 0.2) is 0 Å². The molecular weight excluding hydrogens is 182 g/mol. The molecular formula is C9H15N3S. The molecule has 13 heavy (non-hydrogen) atoms. The molecule has 3 nitrogen and oxygen atoms in total. The van der Waals surface area contributed by atoms with Crippen molar-refractivity contribution in [2.75, 3.05) is 5.32 Å². The molecule has 1 aromatic rings. The van der Waals surface area contributed by atoms with Crippen LogP contribution in [0.1, 0.15) is 38.5 Å². The summed E-state index contributed by atoms with van der Waals surface area (Å²) in [5.41, 5.74) is 0. The summed E-state index contributed by atoms with van der Waals surface area (Å²) in [5, 5.41) is 8.43. The average Bonchev–Trinajstić information content (AvgIpc) is 2.49. The zero-order chi connectivity index (χ0) is 8.93. The Hall–Kier alpha value is -0.640. The van der Waals surface area contributed by atoms with Crippen LogP contribution >= 0.6 is 11.5 Å². The van der Waals surface area contributed by atoms with E-state index in [1.807, 2.05) is 6.20 Å². The van der Waals surface area contributed by atoms with Crippen LogP contribution in [0, 0.1) is 0 Å². The highest BCUT2D eigenvalue weighted by Gasteiger charge is 2.12. The minimum atomic E-state index is 0.657. The van der Waals surface area contributed by atoms with Gasteiger partial charge in [-0.2, -0.15) is 0 Å². The van der Waals surface area contributed by atoms with Crippen molar-refractivity contribution in [1.29, 1.82) is 0 Å². The molecule has 4 heteroatoms. The molecule has 0 amide bonds. The Balaban J connectivity index is 1.86. The van der Waals surface area contributed by atoms with Crippen molar-refractivity contribution >= 4 is 16.5 Å². The Labute approximate surface area is 82.7 Å². The Bertz CT molecular complexity index is 227. The monoisotopic (exact) mass is 197 g/mol. The van der Waals surface area contributed by atoms with E-state index in [4.69, 9.17) is 0 Å². The fourth-order valence-electron chi connectivity index (χ4n) is 1.86. The second-order valence-electron chi connectivity index (χ2n) is 3.61. The number of hydrogen-bond acceptors (Lipinski definition) is 4. The third-order valence-corrected chi connectivity index (χ3v) is 3.16. The smallest absolute Gasteiger partial charge is 0.130 e. The third-order valence-electron chi connectivity index (χ3n) is 2.56. The fraction of sp³-hybridized carbons (Fsp3) is 0.778. The predicted molar refractivity (Wildman–Crippen MR) is 55.0 cm³/mol. The van der Waals surface area contributed by atoms with E-state index >= 15 is 0 Å². The van der Waals surface area contributed by atoms with Crippen molar-refractivity contribution in [3.05, 3.63) is 6.20 Å². The molecule has 1 aliphatic rings. The second-order valence-corrected chi connectivity index (χ2v) is 4.40. The molecule has 0 aliphatic heterocycles. The van der Waals surface area contributed by atoms with E-state index in [2.05, 4.69) is 14.9 Å². The Morgan fingerprint density at radius 3 is 2.62 bits per heavy atom. The molecule has 1 aliphatic carbocycles. The lowest BCUT2D eigenvalue weighted by atomic mass is 10.1. The van der Waals surface area contributed by atoms with E-state index in [1.165, 1.54) is 50.1 Å². The maximum absolute atomic E-state index is 3.84. The minimum Gasteiger partial charge on any atom is -0.372 e. The van der Waals surface area contributed by atoms with Crippen LogP contribution in [0.5, 0.6) is 0 Å². The molecule has 1 heterocycles. The van der Waals surface area contributed by atoms with Crippen molar-refractivity contribution < 1.29 is 0 Å². The van der Waals surface area contributed by atoms with Crippen LogP contribution in [-0.4, -0.2) is 15.6 Å². The molecule has 0 radical (unpaired) electrons. The molecule has 0 atom stereocenters. The highest BCUT2D eigenvalue weighted by atomic mass is 32.1. The van der Waals surface area contributed by atoms with E-state index in [1.54, 1.807) is 0 Å². The summed E-state index contributed by atoms with van der Waals surface area (Å²) < 4.78 is 3.84. The molecule has 0 aromatic carbocycles. The Morgan fingerprint density at radius 1 is 1.23 bits per heavy atom. The predicted octanol–water partition coefficient (Wildman–Crippen LogP) is 2.67. The van der Waals surface area contributed by atoms with Crippen LogP contribution < -0.4 is 5.32 Å². The van der Waals surface area contributed by atoms with Gasteiger partial charge in [-0.05, 0) is 12.8 Å². The first-order valence-electron chi connectivity index (χ1n) is 4.99. The van der Waals surface area contributed by atoms with E-state index in [0.717, 1.165) is 5.00 Å². The first-order chi connectivity index (χ1) is 6.45. The molecule has 0 spiro atoms. The topological polar surface area (TPSA) is 37.8 Å². The molecule has 0 bridgehead atoms.